The Balaban J connectivity index is 2.95. The number of aromatic nitrogens is 2. The fraction of sp³-hybridized carbons (Fsp3) is 0.364. The third-order valence-corrected chi connectivity index (χ3v) is 1.69. The van der Waals surface area contributed by atoms with Crippen LogP contribution in [0.25, 0.3) is 0 Å². The predicted octanol–water partition coefficient (Wildman–Crippen LogP) is 1.62. The van der Waals surface area contributed by atoms with Crippen molar-refractivity contribution in [2.24, 2.45) is 0 Å². The number of hydrogen-bond donors (Lipinski definition) is 0. The zero-order valence-corrected chi connectivity index (χ0v) is 8.13. The van der Waals surface area contributed by atoms with E-state index in [1.54, 1.807) is 4.68 Å². The van der Waals surface area contributed by atoms with Crippen LogP contribution in [-0.2, 0) is 5.41 Å². The summed E-state index contributed by atoms with van der Waals surface area (Å²) >= 11 is 0. The van der Waals surface area contributed by atoms with Gasteiger partial charge in [0, 0.05) is 18.2 Å². The Morgan fingerprint density at radius 1 is 1.46 bits per heavy atom. The van der Waals surface area contributed by atoms with Crippen molar-refractivity contribution in [3.63, 3.8) is 0 Å². The van der Waals surface area contributed by atoms with Crippen LogP contribution in [0.3, 0.4) is 0 Å². The molecule has 0 saturated heterocycles. The van der Waals surface area contributed by atoms with Crippen molar-refractivity contribution < 1.29 is 0 Å². The summed E-state index contributed by atoms with van der Waals surface area (Å²) in [5.41, 5.74) is 1.26. The molecule has 13 heavy (non-hydrogen) atoms. The van der Waals surface area contributed by atoms with E-state index in [1.807, 2.05) is 12.4 Å². The number of terminal acetylenes is 1. The van der Waals surface area contributed by atoms with Crippen molar-refractivity contribution in [2.75, 3.05) is 0 Å². The maximum atomic E-state index is 5.00. The molecule has 0 spiro atoms. The molecule has 0 N–H and O–H groups in total. The minimum Gasteiger partial charge on any atom is -0.196 e. The summed E-state index contributed by atoms with van der Waals surface area (Å²) < 4.78 is 1.54. The van der Waals surface area contributed by atoms with Crippen molar-refractivity contribution >= 4 is 0 Å². The van der Waals surface area contributed by atoms with Crippen molar-refractivity contribution in [3.8, 4) is 24.3 Å². The molecular formula is C11H12N2. The minimum absolute atomic E-state index is 0.107. The third kappa shape index (κ3) is 2.39. The van der Waals surface area contributed by atoms with Gasteiger partial charge in [-0.3, -0.25) is 0 Å². The fourth-order valence-corrected chi connectivity index (χ4v) is 0.861. The Labute approximate surface area is 79.0 Å². The SMILES string of the molecule is C#CC#Cn1cc(C(C)(C)C)cn1. The molecule has 1 heterocycles. The van der Waals surface area contributed by atoms with Gasteiger partial charge in [-0.2, -0.15) is 9.78 Å². The number of rotatable bonds is 0. The first-order valence-electron chi connectivity index (χ1n) is 4.06. The molecule has 0 aliphatic rings. The summed E-state index contributed by atoms with van der Waals surface area (Å²) in [4.78, 5) is 0. The molecule has 0 fully saturated rings. The molecule has 2 heteroatoms. The Morgan fingerprint density at radius 3 is 2.62 bits per heavy atom. The van der Waals surface area contributed by atoms with Crippen LogP contribution in [0.5, 0.6) is 0 Å². The molecule has 2 nitrogen and oxygen atoms in total. The zero-order chi connectivity index (χ0) is 9.90. The Morgan fingerprint density at radius 2 is 2.15 bits per heavy atom. The van der Waals surface area contributed by atoms with E-state index in [2.05, 4.69) is 43.8 Å². The molecule has 66 valence electrons. The van der Waals surface area contributed by atoms with E-state index in [4.69, 9.17) is 6.42 Å². The Hall–Kier alpha value is -1.67. The molecule has 0 unspecified atom stereocenters. The molecule has 1 aromatic rings. The second kappa shape index (κ2) is 3.37. The van der Waals surface area contributed by atoms with Gasteiger partial charge < -0.3 is 0 Å². The lowest BCUT2D eigenvalue weighted by Gasteiger charge is -2.14. The molecule has 0 atom stereocenters. The molecule has 0 amide bonds. The minimum atomic E-state index is 0.107. The predicted molar refractivity (Wildman–Crippen MR) is 52.9 cm³/mol. The van der Waals surface area contributed by atoms with Gasteiger partial charge in [0.05, 0.1) is 6.20 Å². The average molecular weight is 172 g/mol. The molecule has 0 aliphatic heterocycles. The summed E-state index contributed by atoms with van der Waals surface area (Å²) in [7, 11) is 0. The van der Waals surface area contributed by atoms with Gasteiger partial charge in [0.25, 0.3) is 0 Å². The molecule has 0 bridgehead atoms. The van der Waals surface area contributed by atoms with Crippen molar-refractivity contribution in [2.45, 2.75) is 26.2 Å². The highest BCUT2D eigenvalue weighted by Gasteiger charge is 2.14. The van der Waals surface area contributed by atoms with Gasteiger partial charge in [-0.15, -0.1) is 6.42 Å². The fourth-order valence-electron chi connectivity index (χ4n) is 0.861. The van der Waals surface area contributed by atoms with Gasteiger partial charge in [0.1, 0.15) is 0 Å². The molecule has 1 rings (SSSR count). The van der Waals surface area contributed by atoms with Crippen molar-refractivity contribution in [1.29, 1.82) is 0 Å². The highest BCUT2D eigenvalue weighted by molar-refractivity contribution is 5.24. The van der Waals surface area contributed by atoms with Crippen LogP contribution < -0.4 is 0 Å². The van der Waals surface area contributed by atoms with Crippen LogP contribution in [0.1, 0.15) is 26.3 Å². The summed E-state index contributed by atoms with van der Waals surface area (Å²) in [6, 6.07) is 2.71. The van der Waals surface area contributed by atoms with Crippen LogP contribution in [0.2, 0.25) is 0 Å². The van der Waals surface area contributed by atoms with E-state index in [0.29, 0.717) is 0 Å². The summed E-state index contributed by atoms with van der Waals surface area (Å²) in [5.74, 6) is 4.75. The van der Waals surface area contributed by atoms with Gasteiger partial charge in [-0.1, -0.05) is 20.8 Å². The maximum Gasteiger partial charge on any atom is 0.0539 e. The van der Waals surface area contributed by atoms with Gasteiger partial charge in [-0.05, 0) is 16.9 Å². The molecular weight excluding hydrogens is 160 g/mol. The molecule has 0 aliphatic carbocycles. The lowest BCUT2D eigenvalue weighted by molar-refractivity contribution is 0.590. The van der Waals surface area contributed by atoms with Crippen LogP contribution in [0.4, 0.5) is 0 Å². The first-order valence-corrected chi connectivity index (χ1v) is 4.06. The normalized spacial score (nSPS) is 10.0. The average Bonchev–Trinajstić information content (AvgIpc) is 2.47. The Bertz CT molecular complexity index is 388. The zero-order valence-electron chi connectivity index (χ0n) is 8.13. The first kappa shape index (κ1) is 9.42. The van der Waals surface area contributed by atoms with E-state index in [0.717, 1.165) is 5.56 Å². The van der Waals surface area contributed by atoms with E-state index in [-0.39, 0.29) is 5.41 Å². The topological polar surface area (TPSA) is 17.8 Å². The second-order valence-corrected chi connectivity index (χ2v) is 3.80. The highest BCUT2D eigenvalue weighted by atomic mass is 15.2. The number of nitrogens with zero attached hydrogens (tertiary/aromatic N) is 2. The smallest absolute Gasteiger partial charge is 0.0539 e. The second-order valence-electron chi connectivity index (χ2n) is 3.80. The van der Waals surface area contributed by atoms with Crippen LogP contribution in [0, 0.1) is 24.3 Å². The van der Waals surface area contributed by atoms with Crippen LogP contribution >= 0.6 is 0 Å². The van der Waals surface area contributed by atoms with Gasteiger partial charge in [0.2, 0.25) is 0 Å². The van der Waals surface area contributed by atoms with Gasteiger partial charge in [0.15, 0.2) is 0 Å². The molecule has 0 radical (unpaired) electrons. The molecule has 0 saturated carbocycles. The quantitative estimate of drug-likeness (QED) is 0.544. The largest absolute Gasteiger partial charge is 0.196 e. The lowest BCUT2D eigenvalue weighted by Crippen LogP contribution is -2.09. The van der Waals surface area contributed by atoms with Crippen LogP contribution in [0.15, 0.2) is 12.4 Å². The third-order valence-electron chi connectivity index (χ3n) is 1.69. The number of hydrogen-bond acceptors (Lipinski definition) is 1. The molecule has 1 aromatic heterocycles. The molecule has 0 aromatic carbocycles. The summed E-state index contributed by atoms with van der Waals surface area (Å²) in [6.07, 6.45) is 8.71. The highest BCUT2D eigenvalue weighted by Crippen LogP contribution is 2.20. The van der Waals surface area contributed by atoms with Crippen LogP contribution in [-0.4, -0.2) is 9.78 Å². The van der Waals surface area contributed by atoms with E-state index in [9.17, 15) is 0 Å². The van der Waals surface area contributed by atoms with Crippen molar-refractivity contribution in [3.05, 3.63) is 18.0 Å². The summed E-state index contributed by atoms with van der Waals surface area (Å²) in [5, 5.41) is 4.07. The maximum absolute atomic E-state index is 5.00. The van der Waals surface area contributed by atoms with Gasteiger partial charge >= 0.3 is 0 Å². The van der Waals surface area contributed by atoms with E-state index in [1.165, 1.54) is 0 Å². The van der Waals surface area contributed by atoms with E-state index >= 15 is 0 Å². The summed E-state index contributed by atoms with van der Waals surface area (Å²) in [6.45, 7) is 6.38. The Kier molecular flexibility index (Phi) is 2.44. The monoisotopic (exact) mass is 172 g/mol. The lowest BCUT2D eigenvalue weighted by atomic mass is 9.90. The van der Waals surface area contributed by atoms with Crippen molar-refractivity contribution in [1.82, 2.24) is 9.78 Å². The van der Waals surface area contributed by atoms with E-state index < -0.39 is 0 Å². The standard InChI is InChI=1S/C11H12N2/c1-5-6-7-13-9-10(8-12-13)11(2,3)4/h1,8-9H,2-4H3. The van der Waals surface area contributed by atoms with Gasteiger partial charge in [-0.25, -0.2) is 0 Å². The first-order chi connectivity index (χ1) is 6.04.